The fourth-order valence-electron chi connectivity index (χ4n) is 2.31. The third kappa shape index (κ3) is 1.56. The van der Waals surface area contributed by atoms with Crippen molar-refractivity contribution in [3.8, 4) is 0 Å². The third-order valence-electron chi connectivity index (χ3n) is 3.21. The summed E-state index contributed by atoms with van der Waals surface area (Å²) >= 11 is 0. The SMILES string of the molecule is CCOC(=O)c1[nH]c2c(c1C)CCC2C. The number of aromatic nitrogens is 1. The molecule has 2 rings (SSSR count). The van der Waals surface area contributed by atoms with E-state index < -0.39 is 0 Å². The molecule has 1 aliphatic rings. The van der Waals surface area contributed by atoms with Crippen molar-refractivity contribution in [2.75, 3.05) is 6.61 Å². The van der Waals surface area contributed by atoms with Gasteiger partial charge in [0.05, 0.1) is 6.61 Å². The molecule has 0 aromatic carbocycles. The van der Waals surface area contributed by atoms with Gasteiger partial charge in [0.2, 0.25) is 0 Å². The number of hydrogen-bond donors (Lipinski definition) is 1. The van der Waals surface area contributed by atoms with Gasteiger partial charge in [-0.05, 0) is 43.7 Å². The first kappa shape index (κ1) is 10.3. The molecular formula is C12H17NO2. The Balaban J connectivity index is 2.35. The molecule has 0 saturated heterocycles. The Labute approximate surface area is 89.8 Å². The van der Waals surface area contributed by atoms with Crippen LogP contribution in [0.1, 0.15) is 53.5 Å². The summed E-state index contributed by atoms with van der Waals surface area (Å²) in [5.41, 5.74) is 4.28. The van der Waals surface area contributed by atoms with Gasteiger partial charge in [-0.15, -0.1) is 0 Å². The molecule has 3 heteroatoms. The van der Waals surface area contributed by atoms with E-state index in [2.05, 4.69) is 11.9 Å². The maximum Gasteiger partial charge on any atom is 0.355 e. The fourth-order valence-corrected chi connectivity index (χ4v) is 2.31. The molecule has 0 amide bonds. The molecule has 0 saturated carbocycles. The molecule has 3 nitrogen and oxygen atoms in total. The van der Waals surface area contributed by atoms with E-state index in [-0.39, 0.29) is 5.97 Å². The third-order valence-corrected chi connectivity index (χ3v) is 3.21. The molecule has 0 bridgehead atoms. The lowest BCUT2D eigenvalue weighted by Gasteiger charge is -2.03. The highest BCUT2D eigenvalue weighted by atomic mass is 16.5. The van der Waals surface area contributed by atoms with Crippen molar-refractivity contribution in [1.82, 2.24) is 4.98 Å². The minimum atomic E-state index is -0.225. The molecule has 1 unspecified atom stereocenters. The quantitative estimate of drug-likeness (QED) is 0.757. The number of rotatable bonds is 2. The summed E-state index contributed by atoms with van der Waals surface area (Å²) < 4.78 is 5.01. The summed E-state index contributed by atoms with van der Waals surface area (Å²) in [6.07, 6.45) is 2.27. The normalized spacial score (nSPS) is 19.0. The van der Waals surface area contributed by atoms with Crippen LogP contribution in [-0.4, -0.2) is 17.6 Å². The minimum absolute atomic E-state index is 0.225. The molecule has 82 valence electrons. The van der Waals surface area contributed by atoms with Gasteiger partial charge in [-0.25, -0.2) is 4.79 Å². The average molecular weight is 207 g/mol. The molecule has 1 N–H and O–H groups in total. The summed E-state index contributed by atoms with van der Waals surface area (Å²) in [4.78, 5) is 14.8. The first-order valence-corrected chi connectivity index (χ1v) is 5.53. The van der Waals surface area contributed by atoms with Gasteiger partial charge in [0.25, 0.3) is 0 Å². The van der Waals surface area contributed by atoms with E-state index in [9.17, 15) is 4.79 Å². The van der Waals surface area contributed by atoms with Crippen LogP contribution in [-0.2, 0) is 11.2 Å². The largest absolute Gasteiger partial charge is 0.461 e. The summed E-state index contributed by atoms with van der Waals surface area (Å²) in [5.74, 6) is 0.318. The first-order valence-electron chi connectivity index (χ1n) is 5.53. The van der Waals surface area contributed by atoms with Crippen LogP contribution in [0.2, 0.25) is 0 Å². The predicted molar refractivity (Wildman–Crippen MR) is 58.2 cm³/mol. The maximum atomic E-state index is 11.6. The van der Waals surface area contributed by atoms with E-state index >= 15 is 0 Å². The molecule has 1 aromatic rings. The highest BCUT2D eigenvalue weighted by molar-refractivity contribution is 5.90. The molecule has 0 fully saturated rings. The van der Waals surface area contributed by atoms with Gasteiger partial charge in [-0.3, -0.25) is 0 Å². The van der Waals surface area contributed by atoms with Gasteiger partial charge in [-0.2, -0.15) is 0 Å². The van der Waals surface area contributed by atoms with Crippen molar-refractivity contribution < 1.29 is 9.53 Å². The first-order chi connectivity index (χ1) is 7.15. The highest BCUT2D eigenvalue weighted by Gasteiger charge is 2.27. The van der Waals surface area contributed by atoms with Gasteiger partial charge in [-0.1, -0.05) is 6.92 Å². The molecule has 0 radical (unpaired) electrons. The number of hydrogen-bond acceptors (Lipinski definition) is 2. The number of aromatic amines is 1. The van der Waals surface area contributed by atoms with E-state index in [1.165, 1.54) is 17.7 Å². The van der Waals surface area contributed by atoms with Crippen molar-refractivity contribution in [1.29, 1.82) is 0 Å². The van der Waals surface area contributed by atoms with E-state index in [1.54, 1.807) is 0 Å². The van der Waals surface area contributed by atoms with E-state index in [0.717, 1.165) is 12.0 Å². The Morgan fingerprint density at radius 1 is 1.60 bits per heavy atom. The lowest BCUT2D eigenvalue weighted by atomic mass is 10.1. The average Bonchev–Trinajstić information content (AvgIpc) is 2.70. The van der Waals surface area contributed by atoms with Crippen molar-refractivity contribution in [3.05, 3.63) is 22.5 Å². The van der Waals surface area contributed by atoms with Crippen molar-refractivity contribution in [2.24, 2.45) is 0 Å². The second-order valence-electron chi connectivity index (χ2n) is 4.18. The van der Waals surface area contributed by atoms with Gasteiger partial charge in [0, 0.05) is 5.69 Å². The summed E-state index contributed by atoms with van der Waals surface area (Å²) in [6, 6.07) is 0. The molecule has 1 aliphatic carbocycles. The number of nitrogens with one attached hydrogen (secondary N) is 1. The number of esters is 1. The highest BCUT2D eigenvalue weighted by Crippen LogP contribution is 2.35. The zero-order valence-corrected chi connectivity index (χ0v) is 9.52. The summed E-state index contributed by atoms with van der Waals surface area (Å²) in [6.45, 7) is 6.44. The predicted octanol–water partition coefficient (Wildman–Crippen LogP) is 2.55. The Kier molecular flexibility index (Phi) is 2.55. The zero-order valence-electron chi connectivity index (χ0n) is 9.52. The van der Waals surface area contributed by atoms with Crippen molar-refractivity contribution in [2.45, 2.75) is 39.5 Å². The lowest BCUT2D eigenvalue weighted by Crippen LogP contribution is -2.07. The zero-order chi connectivity index (χ0) is 11.0. The minimum Gasteiger partial charge on any atom is -0.461 e. The van der Waals surface area contributed by atoms with Gasteiger partial charge in [0.1, 0.15) is 5.69 Å². The number of ether oxygens (including phenoxy) is 1. The summed E-state index contributed by atoms with van der Waals surface area (Å²) in [5, 5.41) is 0. The smallest absolute Gasteiger partial charge is 0.355 e. The fraction of sp³-hybridized carbons (Fsp3) is 0.583. The standard InChI is InChI=1S/C12H17NO2/c1-4-15-12(14)11-8(3)9-6-5-7(2)10(9)13-11/h7,13H,4-6H2,1-3H3. The van der Waals surface area contributed by atoms with Crippen LogP contribution < -0.4 is 0 Å². The van der Waals surface area contributed by atoms with Crippen LogP contribution in [0.5, 0.6) is 0 Å². The molecule has 0 aliphatic heterocycles. The topological polar surface area (TPSA) is 42.1 Å². The Bertz CT molecular complexity index is 393. The molecular weight excluding hydrogens is 190 g/mol. The lowest BCUT2D eigenvalue weighted by molar-refractivity contribution is 0.0519. The van der Waals surface area contributed by atoms with Crippen LogP contribution in [0.4, 0.5) is 0 Å². The monoisotopic (exact) mass is 207 g/mol. The maximum absolute atomic E-state index is 11.6. The van der Waals surface area contributed by atoms with E-state index in [0.29, 0.717) is 18.2 Å². The second-order valence-corrected chi connectivity index (χ2v) is 4.18. The van der Waals surface area contributed by atoms with Crippen LogP contribution in [0.3, 0.4) is 0 Å². The number of H-pyrrole nitrogens is 1. The molecule has 1 atom stereocenters. The van der Waals surface area contributed by atoms with Crippen molar-refractivity contribution in [3.63, 3.8) is 0 Å². The molecule has 0 spiro atoms. The van der Waals surface area contributed by atoms with Gasteiger partial charge in [0.15, 0.2) is 0 Å². The number of carbonyl (C=O) groups excluding carboxylic acids is 1. The number of carbonyl (C=O) groups is 1. The van der Waals surface area contributed by atoms with Crippen LogP contribution >= 0.6 is 0 Å². The number of fused-ring (bicyclic) bond motifs is 1. The summed E-state index contributed by atoms with van der Waals surface area (Å²) in [7, 11) is 0. The molecule has 15 heavy (non-hydrogen) atoms. The van der Waals surface area contributed by atoms with Crippen LogP contribution in [0.15, 0.2) is 0 Å². The van der Waals surface area contributed by atoms with Crippen LogP contribution in [0.25, 0.3) is 0 Å². The Hall–Kier alpha value is -1.25. The Morgan fingerprint density at radius 2 is 2.33 bits per heavy atom. The van der Waals surface area contributed by atoms with E-state index in [4.69, 9.17) is 4.74 Å². The van der Waals surface area contributed by atoms with Crippen molar-refractivity contribution >= 4 is 5.97 Å². The van der Waals surface area contributed by atoms with E-state index in [1.807, 2.05) is 13.8 Å². The van der Waals surface area contributed by atoms with Crippen LogP contribution in [0, 0.1) is 6.92 Å². The molecule has 1 aromatic heterocycles. The second kappa shape index (κ2) is 3.72. The molecule has 1 heterocycles. The van der Waals surface area contributed by atoms with Gasteiger partial charge >= 0.3 is 5.97 Å². The van der Waals surface area contributed by atoms with Gasteiger partial charge < -0.3 is 9.72 Å². The Morgan fingerprint density at radius 3 is 2.93 bits per heavy atom.